The number of carbonyl (C=O) groups is 2. The molecule has 0 saturated carbocycles. The molecule has 9 heteroatoms. The molecule has 9 nitrogen and oxygen atoms in total. The van der Waals surface area contributed by atoms with Crippen molar-refractivity contribution in [2.24, 2.45) is 0 Å². The lowest BCUT2D eigenvalue weighted by molar-refractivity contribution is -0.134. The zero-order chi connectivity index (χ0) is 25.5. The number of aromatic amines is 2. The molecule has 184 valence electrons. The molecule has 0 bridgehead atoms. The normalized spacial score (nSPS) is 14.0. The van der Waals surface area contributed by atoms with Crippen LogP contribution in [0.4, 0.5) is 5.69 Å². The van der Waals surface area contributed by atoms with Gasteiger partial charge in [0.2, 0.25) is 0 Å². The molecule has 1 aliphatic rings. The van der Waals surface area contributed by atoms with E-state index in [0.29, 0.717) is 12.2 Å². The van der Waals surface area contributed by atoms with Crippen LogP contribution in [0.25, 0.3) is 21.8 Å². The van der Waals surface area contributed by atoms with Gasteiger partial charge >= 0.3 is 11.9 Å². The maximum Gasteiger partial charge on any atom is 0.328 e. The number of anilines is 1. The van der Waals surface area contributed by atoms with Crippen molar-refractivity contribution < 1.29 is 19.8 Å². The summed E-state index contributed by atoms with van der Waals surface area (Å²) in [6.07, 6.45) is 6.14. The zero-order valence-electron chi connectivity index (χ0n) is 19.6. The number of carboxylic acid groups (broad SMARTS) is 2. The van der Waals surface area contributed by atoms with Crippen molar-refractivity contribution in [2.75, 3.05) is 37.6 Å². The number of aromatic nitrogens is 2. The first kappa shape index (κ1) is 24.6. The van der Waals surface area contributed by atoms with Crippen molar-refractivity contribution in [3.8, 4) is 6.07 Å². The number of carboxylic acids is 2. The van der Waals surface area contributed by atoms with Gasteiger partial charge < -0.3 is 25.1 Å². The Bertz CT molecular complexity index is 1420. The molecule has 0 unspecified atom stereocenters. The number of hydrogen-bond acceptors (Lipinski definition) is 5. The number of para-hydroxylation sites is 1. The lowest BCUT2D eigenvalue weighted by atomic mass is 10.1. The molecule has 1 saturated heterocycles. The quantitative estimate of drug-likeness (QED) is 0.306. The fraction of sp³-hybridized carbons (Fsp3) is 0.222. The molecule has 3 heterocycles. The molecule has 0 radical (unpaired) electrons. The maximum absolute atomic E-state index is 9.55. The number of benzene rings is 2. The number of rotatable bonds is 6. The summed E-state index contributed by atoms with van der Waals surface area (Å²) >= 11 is 0. The number of nitrogens with zero attached hydrogens (tertiary/aromatic N) is 3. The van der Waals surface area contributed by atoms with Gasteiger partial charge in [-0.2, -0.15) is 5.26 Å². The van der Waals surface area contributed by atoms with Crippen molar-refractivity contribution in [3.05, 3.63) is 78.1 Å². The molecule has 0 spiro atoms. The van der Waals surface area contributed by atoms with Gasteiger partial charge in [-0.1, -0.05) is 24.3 Å². The molecule has 2 aromatic carbocycles. The van der Waals surface area contributed by atoms with Crippen LogP contribution in [-0.4, -0.2) is 69.7 Å². The standard InChI is InChI=1S/C23H23N5.C4H4O4/c24-14-18-16-26-21-6-3-7-22(23(18)21)28-12-10-27(11-13-28)9-8-17-15-25-20-5-2-1-4-19(17)20;5-3(6)1-2-4(7)8/h1-7,15-16,25-26H,8-13H2;1-2H,(H,5,6)(H,7,8)/b;2-1+. The van der Waals surface area contributed by atoms with E-state index in [1.165, 1.54) is 22.2 Å². The Morgan fingerprint density at radius 2 is 1.58 bits per heavy atom. The van der Waals surface area contributed by atoms with Crippen molar-refractivity contribution in [2.45, 2.75) is 6.42 Å². The summed E-state index contributed by atoms with van der Waals surface area (Å²) in [4.78, 5) is 30.7. The predicted molar refractivity (Wildman–Crippen MR) is 138 cm³/mol. The third-order valence-electron chi connectivity index (χ3n) is 6.26. The highest BCUT2D eigenvalue weighted by Crippen LogP contribution is 2.30. The monoisotopic (exact) mass is 485 g/mol. The first-order chi connectivity index (χ1) is 17.5. The average Bonchev–Trinajstić information content (AvgIpc) is 3.51. The first-order valence-electron chi connectivity index (χ1n) is 11.6. The van der Waals surface area contributed by atoms with Crippen molar-refractivity contribution in [3.63, 3.8) is 0 Å². The highest BCUT2D eigenvalue weighted by Gasteiger charge is 2.20. The van der Waals surface area contributed by atoms with Gasteiger partial charge in [-0.25, -0.2) is 9.59 Å². The molecule has 4 aromatic rings. The van der Waals surface area contributed by atoms with Gasteiger partial charge in [0.25, 0.3) is 0 Å². The molecule has 0 aliphatic carbocycles. The second-order valence-electron chi connectivity index (χ2n) is 8.46. The number of fused-ring (bicyclic) bond motifs is 2. The van der Waals surface area contributed by atoms with E-state index >= 15 is 0 Å². The highest BCUT2D eigenvalue weighted by molar-refractivity contribution is 5.97. The molecule has 36 heavy (non-hydrogen) atoms. The molecular weight excluding hydrogens is 458 g/mol. The molecule has 4 N–H and O–H groups in total. The summed E-state index contributed by atoms with van der Waals surface area (Å²) in [5.74, 6) is -2.51. The Morgan fingerprint density at radius 1 is 0.917 bits per heavy atom. The van der Waals surface area contributed by atoms with Crippen LogP contribution in [0.1, 0.15) is 11.1 Å². The van der Waals surface area contributed by atoms with E-state index in [1.807, 2.05) is 12.3 Å². The van der Waals surface area contributed by atoms with Gasteiger partial charge in [0.1, 0.15) is 6.07 Å². The van der Waals surface area contributed by atoms with E-state index in [1.54, 1.807) is 0 Å². The Labute approximate surface area is 207 Å². The third kappa shape index (κ3) is 5.74. The Morgan fingerprint density at radius 3 is 2.28 bits per heavy atom. The van der Waals surface area contributed by atoms with Gasteiger partial charge in [-0.3, -0.25) is 4.90 Å². The number of hydrogen-bond donors (Lipinski definition) is 4. The number of piperazine rings is 1. The molecular formula is C27H27N5O4. The van der Waals surface area contributed by atoms with E-state index in [4.69, 9.17) is 10.2 Å². The summed E-state index contributed by atoms with van der Waals surface area (Å²) < 4.78 is 0. The first-order valence-corrected chi connectivity index (χ1v) is 11.6. The van der Waals surface area contributed by atoms with Gasteiger partial charge in [0.15, 0.2) is 0 Å². The van der Waals surface area contributed by atoms with Crippen LogP contribution < -0.4 is 4.90 Å². The largest absolute Gasteiger partial charge is 0.478 e. The number of H-pyrrole nitrogens is 2. The van der Waals surface area contributed by atoms with Crippen molar-refractivity contribution in [1.82, 2.24) is 14.9 Å². The highest BCUT2D eigenvalue weighted by atomic mass is 16.4. The zero-order valence-corrected chi connectivity index (χ0v) is 19.6. The van der Waals surface area contributed by atoms with Crippen LogP contribution in [-0.2, 0) is 16.0 Å². The SMILES string of the molecule is N#Cc1c[nH]c2cccc(N3CCN(CCc4c[nH]c5ccccc45)CC3)c12.O=C(O)/C=C/C(=O)O. The van der Waals surface area contributed by atoms with Crippen LogP contribution >= 0.6 is 0 Å². The Kier molecular flexibility index (Phi) is 7.68. The lowest BCUT2D eigenvalue weighted by Crippen LogP contribution is -2.47. The summed E-state index contributed by atoms with van der Waals surface area (Å²) in [6, 6.07) is 17.1. The Balaban J connectivity index is 0.000000331. The van der Waals surface area contributed by atoms with Crippen LogP contribution in [0.5, 0.6) is 0 Å². The van der Waals surface area contributed by atoms with E-state index in [-0.39, 0.29) is 0 Å². The minimum absolute atomic E-state index is 0.558. The van der Waals surface area contributed by atoms with Crippen molar-refractivity contribution in [1.29, 1.82) is 5.26 Å². The fourth-order valence-corrected chi connectivity index (χ4v) is 4.49. The summed E-state index contributed by atoms with van der Waals surface area (Å²) in [6.45, 7) is 5.15. The van der Waals surface area contributed by atoms with Crippen LogP contribution in [0, 0.1) is 11.3 Å². The summed E-state index contributed by atoms with van der Waals surface area (Å²) in [7, 11) is 0. The minimum Gasteiger partial charge on any atom is -0.478 e. The Hall–Kier alpha value is -4.55. The molecule has 2 aromatic heterocycles. The fourth-order valence-electron chi connectivity index (χ4n) is 4.49. The summed E-state index contributed by atoms with van der Waals surface area (Å²) in [5, 5.41) is 27.4. The van der Waals surface area contributed by atoms with E-state index in [0.717, 1.165) is 55.6 Å². The number of aliphatic carboxylic acids is 2. The average molecular weight is 486 g/mol. The topological polar surface area (TPSA) is 136 Å². The van der Waals surface area contributed by atoms with Crippen LogP contribution in [0.15, 0.2) is 67.0 Å². The van der Waals surface area contributed by atoms with Crippen LogP contribution in [0.2, 0.25) is 0 Å². The molecule has 1 fully saturated rings. The van der Waals surface area contributed by atoms with E-state index in [9.17, 15) is 14.9 Å². The van der Waals surface area contributed by atoms with Crippen molar-refractivity contribution >= 4 is 39.4 Å². The van der Waals surface area contributed by atoms with Gasteiger partial charge in [0.05, 0.1) is 5.56 Å². The third-order valence-corrected chi connectivity index (χ3v) is 6.26. The van der Waals surface area contributed by atoms with E-state index in [2.05, 4.69) is 68.4 Å². The molecule has 5 rings (SSSR count). The second kappa shape index (κ2) is 11.3. The lowest BCUT2D eigenvalue weighted by Gasteiger charge is -2.36. The van der Waals surface area contributed by atoms with Gasteiger partial charge in [-0.15, -0.1) is 0 Å². The molecule has 1 aliphatic heterocycles. The van der Waals surface area contributed by atoms with Crippen LogP contribution in [0.3, 0.4) is 0 Å². The van der Waals surface area contributed by atoms with E-state index < -0.39 is 11.9 Å². The van der Waals surface area contributed by atoms with Gasteiger partial charge in [0, 0.05) is 84.8 Å². The predicted octanol–water partition coefficient (Wildman–Crippen LogP) is 3.60. The number of nitrogens with one attached hydrogen (secondary N) is 2. The second-order valence-corrected chi connectivity index (χ2v) is 8.46. The summed E-state index contributed by atoms with van der Waals surface area (Å²) in [5.41, 5.74) is 5.55. The van der Waals surface area contributed by atoms with Gasteiger partial charge in [-0.05, 0) is 30.2 Å². The smallest absolute Gasteiger partial charge is 0.328 e. The number of nitriles is 1. The maximum atomic E-state index is 9.55. The molecule has 0 atom stereocenters. The molecule has 0 amide bonds. The minimum atomic E-state index is -1.26.